The van der Waals surface area contributed by atoms with Gasteiger partial charge in [0.25, 0.3) is 0 Å². The zero-order valence-electron chi connectivity index (χ0n) is 9.03. The Morgan fingerprint density at radius 2 is 2.27 bits per heavy atom. The fourth-order valence-electron chi connectivity index (χ4n) is 1.45. The van der Waals surface area contributed by atoms with Crippen molar-refractivity contribution in [3.05, 3.63) is 39.8 Å². The molecule has 0 aliphatic rings. The maximum atomic E-state index is 4.31. The van der Waals surface area contributed by atoms with E-state index in [0.29, 0.717) is 0 Å². The normalized spacial score (nSPS) is 10.8. The van der Waals surface area contributed by atoms with Crippen molar-refractivity contribution in [1.29, 1.82) is 0 Å². The molecule has 0 saturated carbocycles. The van der Waals surface area contributed by atoms with Gasteiger partial charge < -0.3 is 5.32 Å². The van der Waals surface area contributed by atoms with Gasteiger partial charge in [-0.1, -0.05) is 0 Å². The van der Waals surface area contributed by atoms with E-state index in [1.54, 1.807) is 11.3 Å². The molecular formula is C11H15N3S. The summed E-state index contributed by atoms with van der Waals surface area (Å²) in [5, 5.41) is 9.83. The molecule has 0 aromatic carbocycles. The van der Waals surface area contributed by atoms with Crippen molar-refractivity contribution in [1.82, 2.24) is 15.1 Å². The van der Waals surface area contributed by atoms with Gasteiger partial charge in [-0.3, -0.25) is 4.68 Å². The number of rotatable bonds is 4. The molecule has 0 aliphatic carbocycles. The minimum absolute atomic E-state index is 0.832. The first kappa shape index (κ1) is 10.4. The predicted molar refractivity (Wildman–Crippen MR) is 62.8 cm³/mol. The van der Waals surface area contributed by atoms with E-state index in [1.807, 2.05) is 24.0 Å². The van der Waals surface area contributed by atoms with Crippen molar-refractivity contribution in [2.75, 3.05) is 0 Å². The van der Waals surface area contributed by atoms with Crippen LogP contribution in [0.2, 0.25) is 0 Å². The van der Waals surface area contributed by atoms with Gasteiger partial charge in [0, 0.05) is 31.2 Å². The highest BCUT2D eigenvalue weighted by molar-refractivity contribution is 7.10. The minimum Gasteiger partial charge on any atom is -0.306 e. The molecule has 2 rings (SSSR count). The fraction of sp³-hybridized carbons (Fsp3) is 0.364. The Balaban J connectivity index is 1.83. The monoisotopic (exact) mass is 221 g/mol. The van der Waals surface area contributed by atoms with E-state index in [0.717, 1.165) is 18.8 Å². The standard InChI is InChI=1S/C11H15N3S/c1-9-4-6-15-11(9)8-12-7-10-3-5-14(2)13-10/h3-6,12H,7-8H2,1-2H3. The van der Waals surface area contributed by atoms with Crippen LogP contribution in [0.5, 0.6) is 0 Å². The van der Waals surface area contributed by atoms with Gasteiger partial charge in [0.2, 0.25) is 0 Å². The quantitative estimate of drug-likeness (QED) is 0.856. The summed E-state index contributed by atoms with van der Waals surface area (Å²) in [7, 11) is 1.94. The maximum Gasteiger partial charge on any atom is 0.0762 e. The van der Waals surface area contributed by atoms with Crippen molar-refractivity contribution < 1.29 is 0 Å². The summed E-state index contributed by atoms with van der Waals surface area (Å²) in [6, 6.07) is 4.19. The minimum atomic E-state index is 0.832. The zero-order chi connectivity index (χ0) is 10.7. The lowest BCUT2D eigenvalue weighted by atomic mass is 10.3. The van der Waals surface area contributed by atoms with E-state index < -0.39 is 0 Å². The number of nitrogens with one attached hydrogen (secondary N) is 1. The molecule has 0 spiro atoms. The number of aryl methyl sites for hydroxylation is 2. The van der Waals surface area contributed by atoms with E-state index in [1.165, 1.54) is 10.4 Å². The van der Waals surface area contributed by atoms with Crippen LogP contribution in [0.4, 0.5) is 0 Å². The molecular weight excluding hydrogens is 206 g/mol. The van der Waals surface area contributed by atoms with Crippen LogP contribution in [-0.4, -0.2) is 9.78 Å². The summed E-state index contributed by atoms with van der Waals surface area (Å²) < 4.78 is 1.83. The van der Waals surface area contributed by atoms with E-state index in [4.69, 9.17) is 0 Å². The van der Waals surface area contributed by atoms with E-state index in [-0.39, 0.29) is 0 Å². The van der Waals surface area contributed by atoms with Crippen LogP contribution in [0, 0.1) is 6.92 Å². The molecule has 0 bridgehead atoms. The Morgan fingerprint density at radius 3 is 2.87 bits per heavy atom. The third kappa shape index (κ3) is 2.67. The number of hydrogen-bond acceptors (Lipinski definition) is 3. The summed E-state index contributed by atoms with van der Waals surface area (Å²) >= 11 is 1.80. The lowest BCUT2D eigenvalue weighted by Crippen LogP contribution is -2.13. The summed E-state index contributed by atoms with van der Waals surface area (Å²) in [5.74, 6) is 0. The second kappa shape index (κ2) is 4.59. The van der Waals surface area contributed by atoms with Gasteiger partial charge in [-0.05, 0) is 30.0 Å². The molecule has 0 aliphatic heterocycles. The van der Waals surface area contributed by atoms with Gasteiger partial charge in [0.1, 0.15) is 0 Å². The van der Waals surface area contributed by atoms with Gasteiger partial charge in [-0.15, -0.1) is 11.3 Å². The molecule has 2 heterocycles. The van der Waals surface area contributed by atoms with Crippen molar-refractivity contribution in [3.63, 3.8) is 0 Å². The van der Waals surface area contributed by atoms with Crippen LogP contribution in [0.25, 0.3) is 0 Å². The largest absolute Gasteiger partial charge is 0.306 e. The van der Waals surface area contributed by atoms with Gasteiger partial charge in [-0.25, -0.2) is 0 Å². The topological polar surface area (TPSA) is 29.9 Å². The summed E-state index contributed by atoms with van der Waals surface area (Å²) in [4.78, 5) is 1.41. The smallest absolute Gasteiger partial charge is 0.0762 e. The van der Waals surface area contributed by atoms with E-state index in [2.05, 4.69) is 28.8 Å². The molecule has 0 saturated heterocycles. The number of hydrogen-bond donors (Lipinski definition) is 1. The first-order chi connectivity index (χ1) is 7.25. The van der Waals surface area contributed by atoms with Gasteiger partial charge in [0.15, 0.2) is 0 Å². The van der Waals surface area contributed by atoms with Gasteiger partial charge in [0.05, 0.1) is 5.69 Å². The zero-order valence-corrected chi connectivity index (χ0v) is 9.84. The van der Waals surface area contributed by atoms with Crippen LogP contribution >= 0.6 is 11.3 Å². The summed E-state index contributed by atoms with van der Waals surface area (Å²) in [5.41, 5.74) is 2.46. The van der Waals surface area contributed by atoms with Crippen LogP contribution in [0.3, 0.4) is 0 Å². The SMILES string of the molecule is Cc1ccsc1CNCc1ccn(C)n1. The Hall–Kier alpha value is -1.13. The predicted octanol–water partition coefficient (Wildman–Crippen LogP) is 2.08. The third-order valence-corrected chi connectivity index (χ3v) is 3.35. The first-order valence-corrected chi connectivity index (χ1v) is 5.86. The number of thiophene rings is 1. The fourth-order valence-corrected chi connectivity index (χ4v) is 2.32. The second-order valence-electron chi connectivity index (χ2n) is 3.61. The highest BCUT2D eigenvalue weighted by atomic mass is 32.1. The molecule has 0 amide bonds. The highest BCUT2D eigenvalue weighted by Crippen LogP contribution is 2.14. The van der Waals surface area contributed by atoms with Crippen molar-refractivity contribution in [3.8, 4) is 0 Å². The van der Waals surface area contributed by atoms with Crippen LogP contribution in [0.1, 0.15) is 16.1 Å². The summed E-state index contributed by atoms with van der Waals surface area (Å²) in [6.45, 7) is 3.91. The van der Waals surface area contributed by atoms with Gasteiger partial charge >= 0.3 is 0 Å². The van der Waals surface area contributed by atoms with Crippen molar-refractivity contribution in [2.45, 2.75) is 20.0 Å². The maximum absolute atomic E-state index is 4.31. The van der Waals surface area contributed by atoms with Crippen LogP contribution in [-0.2, 0) is 20.1 Å². The lowest BCUT2D eigenvalue weighted by molar-refractivity contribution is 0.660. The van der Waals surface area contributed by atoms with Gasteiger partial charge in [-0.2, -0.15) is 5.10 Å². The molecule has 80 valence electrons. The molecule has 4 heteroatoms. The molecule has 1 N–H and O–H groups in total. The average Bonchev–Trinajstić information content (AvgIpc) is 2.77. The molecule has 0 atom stereocenters. The van der Waals surface area contributed by atoms with E-state index in [9.17, 15) is 0 Å². The van der Waals surface area contributed by atoms with Crippen LogP contribution in [0.15, 0.2) is 23.7 Å². The lowest BCUT2D eigenvalue weighted by Gasteiger charge is -2.01. The van der Waals surface area contributed by atoms with Crippen LogP contribution < -0.4 is 5.32 Å². The molecule has 0 unspecified atom stereocenters. The Bertz CT molecular complexity index is 430. The molecule has 3 nitrogen and oxygen atoms in total. The second-order valence-corrected chi connectivity index (χ2v) is 4.61. The Morgan fingerprint density at radius 1 is 1.40 bits per heavy atom. The molecule has 2 aromatic heterocycles. The third-order valence-electron chi connectivity index (χ3n) is 2.33. The molecule has 0 radical (unpaired) electrons. The number of nitrogens with zero attached hydrogens (tertiary/aromatic N) is 2. The molecule has 0 fully saturated rings. The van der Waals surface area contributed by atoms with Crippen molar-refractivity contribution >= 4 is 11.3 Å². The number of aromatic nitrogens is 2. The average molecular weight is 221 g/mol. The Kier molecular flexibility index (Phi) is 3.18. The highest BCUT2D eigenvalue weighted by Gasteiger charge is 2.00. The van der Waals surface area contributed by atoms with E-state index >= 15 is 0 Å². The molecule has 2 aromatic rings. The summed E-state index contributed by atoms with van der Waals surface area (Å²) in [6.07, 6.45) is 1.97. The Labute approximate surface area is 93.7 Å². The first-order valence-electron chi connectivity index (χ1n) is 4.98. The van der Waals surface area contributed by atoms with Crippen molar-refractivity contribution in [2.24, 2.45) is 7.05 Å². The molecule has 15 heavy (non-hydrogen) atoms.